The highest BCUT2D eigenvalue weighted by atomic mass is 16.5. The number of carbonyl (C=O) groups excluding carboxylic acids is 1. The standard InChI is InChI=1S/C25H34N4O2/c1-20(27-16-18-29(19-17-27)23-10-12-24(31-2)13-11-23)25(30)26-21-6-8-22(9-7-21)28-14-4-3-5-15-28/h6-13,20H,3-5,14-19H2,1-2H3,(H,26,30)/t20-/m0/s1. The number of nitrogens with one attached hydrogen (secondary N) is 1. The number of nitrogens with zero attached hydrogens (tertiary/aromatic N) is 3. The quantitative estimate of drug-likeness (QED) is 0.767. The summed E-state index contributed by atoms with van der Waals surface area (Å²) in [7, 11) is 1.68. The molecule has 2 saturated heterocycles. The number of piperazine rings is 1. The van der Waals surface area contributed by atoms with Gasteiger partial charge in [-0.3, -0.25) is 9.69 Å². The third-order valence-corrected chi connectivity index (χ3v) is 6.54. The van der Waals surface area contributed by atoms with Crippen molar-refractivity contribution in [1.82, 2.24) is 4.90 Å². The molecule has 2 aliphatic heterocycles. The third kappa shape index (κ3) is 5.31. The second kappa shape index (κ2) is 10.1. The van der Waals surface area contributed by atoms with Gasteiger partial charge in [0.2, 0.25) is 5.91 Å². The van der Waals surface area contributed by atoms with Crippen molar-refractivity contribution < 1.29 is 9.53 Å². The van der Waals surface area contributed by atoms with E-state index in [2.05, 4.69) is 44.3 Å². The number of rotatable bonds is 6. The number of amides is 1. The van der Waals surface area contributed by atoms with E-state index < -0.39 is 0 Å². The fourth-order valence-electron chi connectivity index (χ4n) is 4.48. The predicted molar refractivity (Wildman–Crippen MR) is 127 cm³/mol. The minimum atomic E-state index is -0.153. The highest BCUT2D eigenvalue weighted by Crippen LogP contribution is 2.23. The van der Waals surface area contributed by atoms with Gasteiger partial charge in [0.05, 0.1) is 13.2 Å². The molecule has 0 saturated carbocycles. The van der Waals surface area contributed by atoms with Crippen LogP contribution in [0.15, 0.2) is 48.5 Å². The molecule has 2 heterocycles. The molecule has 2 aromatic carbocycles. The van der Waals surface area contributed by atoms with Crippen molar-refractivity contribution in [2.24, 2.45) is 0 Å². The van der Waals surface area contributed by atoms with Crippen molar-refractivity contribution in [3.63, 3.8) is 0 Å². The number of methoxy groups -OCH3 is 1. The van der Waals surface area contributed by atoms with Gasteiger partial charge in [-0.1, -0.05) is 0 Å². The maximum absolute atomic E-state index is 12.8. The average Bonchev–Trinajstić information content (AvgIpc) is 2.85. The van der Waals surface area contributed by atoms with Gasteiger partial charge in [0.25, 0.3) is 0 Å². The first kappa shape index (κ1) is 21.5. The van der Waals surface area contributed by atoms with Crippen LogP contribution in [0.4, 0.5) is 17.1 Å². The van der Waals surface area contributed by atoms with Crippen LogP contribution in [0.5, 0.6) is 5.75 Å². The summed E-state index contributed by atoms with van der Waals surface area (Å²) < 4.78 is 5.24. The molecular formula is C25H34N4O2. The van der Waals surface area contributed by atoms with Gasteiger partial charge in [-0.25, -0.2) is 0 Å². The molecular weight excluding hydrogens is 388 g/mol. The van der Waals surface area contributed by atoms with Crippen molar-refractivity contribution in [3.05, 3.63) is 48.5 Å². The van der Waals surface area contributed by atoms with E-state index in [1.54, 1.807) is 7.11 Å². The van der Waals surface area contributed by atoms with Gasteiger partial charge in [-0.05, 0) is 74.7 Å². The zero-order valence-corrected chi connectivity index (χ0v) is 18.7. The Balaban J connectivity index is 1.27. The summed E-state index contributed by atoms with van der Waals surface area (Å²) in [5.41, 5.74) is 3.32. The maximum Gasteiger partial charge on any atom is 0.241 e. The van der Waals surface area contributed by atoms with Crippen molar-refractivity contribution in [3.8, 4) is 5.75 Å². The van der Waals surface area contributed by atoms with E-state index in [9.17, 15) is 4.79 Å². The molecule has 6 heteroatoms. The number of hydrogen-bond donors (Lipinski definition) is 1. The van der Waals surface area contributed by atoms with E-state index in [4.69, 9.17) is 4.74 Å². The van der Waals surface area contributed by atoms with Crippen LogP contribution in [0.2, 0.25) is 0 Å². The first-order valence-corrected chi connectivity index (χ1v) is 11.4. The van der Waals surface area contributed by atoms with Crippen LogP contribution >= 0.6 is 0 Å². The Morgan fingerprint density at radius 1 is 0.806 bits per heavy atom. The first-order chi connectivity index (χ1) is 15.1. The van der Waals surface area contributed by atoms with Crippen LogP contribution < -0.4 is 19.9 Å². The molecule has 1 N–H and O–H groups in total. The molecule has 0 aliphatic carbocycles. The van der Waals surface area contributed by atoms with E-state index in [0.29, 0.717) is 0 Å². The van der Waals surface area contributed by atoms with E-state index >= 15 is 0 Å². The summed E-state index contributed by atoms with van der Waals surface area (Å²) >= 11 is 0. The van der Waals surface area contributed by atoms with Crippen molar-refractivity contribution in [2.45, 2.75) is 32.2 Å². The highest BCUT2D eigenvalue weighted by Gasteiger charge is 2.26. The summed E-state index contributed by atoms with van der Waals surface area (Å²) in [6.45, 7) is 7.82. The normalized spacial score (nSPS) is 18.5. The van der Waals surface area contributed by atoms with Crippen molar-refractivity contribution in [2.75, 3.05) is 61.5 Å². The van der Waals surface area contributed by atoms with Crippen molar-refractivity contribution in [1.29, 1.82) is 0 Å². The second-order valence-electron chi connectivity index (χ2n) is 8.48. The van der Waals surface area contributed by atoms with Gasteiger partial charge >= 0.3 is 0 Å². The fourth-order valence-corrected chi connectivity index (χ4v) is 4.48. The Morgan fingerprint density at radius 3 is 1.94 bits per heavy atom. The molecule has 0 unspecified atom stereocenters. The second-order valence-corrected chi connectivity index (χ2v) is 8.48. The van der Waals surface area contributed by atoms with Gasteiger partial charge in [0.15, 0.2) is 0 Å². The summed E-state index contributed by atoms with van der Waals surface area (Å²) in [4.78, 5) is 19.9. The lowest BCUT2D eigenvalue weighted by Gasteiger charge is -2.38. The molecule has 1 atom stereocenters. The van der Waals surface area contributed by atoms with Gasteiger partial charge in [0.1, 0.15) is 5.75 Å². The summed E-state index contributed by atoms with van der Waals surface area (Å²) in [5.74, 6) is 0.931. The van der Waals surface area contributed by atoms with E-state index in [1.807, 2.05) is 31.2 Å². The van der Waals surface area contributed by atoms with Gasteiger partial charge in [-0.15, -0.1) is 0 Å². The lowest BCUT2D eigenvalue weighted by atomic mass is 10.1. The fraction of sp³-hybridized carbons (Fsp3) is 0.480. The van der Waals surface area contributed by atoms with Crippen LogP contribution in [0, 0.1) is 0 Å². The van der Waals surface area contributed by atoms with Crippen LogP contribution in [-0.2, 0) is 4.79 Å². The molecule has 2 fully saturated rings. The Bertz CT molecular complexity index is 839. The zero-order valence-electron chi connectivity index (χ0n) is 18.7. The minimum absolute atomic E-state index is 0.0589. The Labute approximate surface area is 185 Å². The molecule has 166 valence electrons. The Hall–Kier alpha value is -2.73. The SMILES string of the molecule is COc1ccc(N2CCN([C@@H](C)C(=O)Nc3ccc(N4CCCCC4)cc3)CC2)cc1. The number of ether oxygens (including phenoxy) is 1. The lowest BCUT2D eigenvalue weighted by molar-refractivity contribution is -0.120. The monoisotopic (exact) mass is 422 g/mol. The molecule has 31 heavy (non-hydrogen) atoms. The summed E-state index contributed by atoms with van der Waals surface area (Å²) in [6.07, 6.45) is 3.86. The molecule has 4 rings (SSSR count). The molecule has 2 aromatic rings. The number of hydrogen-bond acceptors (Lipinski definition) is 5. The molecule has 0 bridgehead atoms. The molecule has 0 radical (unpaired) electrons. The summed E-state index contributed by atoms with van der Waals surface area (Å²) in [6, 6.07) is 16.3. The van der Waals surface area contributed by atoms with Crippen LogP contribution in [0.1, 0.15) is 26.2 Å². The van der Waals surface area contributed by atoms with E-state index in [1.165, 1.54) is 30.6 Å². The summed E-state index contributed by atoms with van der Waals surface area (Å²) in [5, 5.41) is 3.10. The zero-order chi connectivity index (χ0) is 21.6. The van der Waals surface area contributed by atoms with E-state index in [0.717, 1.165) is 50.7 Å². The molecule has 1 amide bonds. The molecule has 6 nitrogen and oxygen atoms in total. The molecule has 2 aliphatic rings. The lowest BCUT2D eigenvalue weighted by Crippen LogP contribution is -2.52. The highest BCUT2D eigenvalue weighted by molar-refractivity contribution is 5.94. The molecule has 0 spiro atoms. The van der Waals surface area contributed by atoms with Crippen LogP contribution in [-0.4, -0.2) is 63.2 Å². The van der Waals surface area contributed by atoms with Crippen LogP contribution in [0.3, 0.4) is 0 Å². The van der Waals surface area contributed by atoms with Crippen molar-refractivity contribution >= 4 is 23.0 Å². The van der Waals surface area contributed by atoms with Crippen LogP contribution in [0.25, 0.3) is 0 Å². The Kier molecular flexibility index (Phi) is 6.97. The van der Waals surface area contributed by atoms with Gasteiger partial charge in [0, 0.05) is 56.3 Å². The topological polar surface area (TPSA) is 48.1 Å². The first-order valence-electron chi connectivity index (χ1n) is 11.4. The number of piperidine rings is 1. The van der Waals surface area contributed by atoms with E-state index in [-0.39, 0.29) is 11.9 Å². The number of benzene rings is 2. The van der Waals surface area contributed by atoms with Gasteiger partial charge < -0.3 is 19.9 Å². The average molecular weight is 423 g/mol. The largest absolute Gasteiger partial charge is 0.497 e. The Morgan fingerprint density at radius 2 is 1.35 bits per heavy atom. The molecule has 0 aromatic heterocycles. The van der Waals surface area contributed by atoms with Gasteiger partial charge in [-0.2, -0.15) is 0 Å². The maximum atomic E-state index is 12.8. The third-order valence-electron chi connectivity index (χ3n) is 6.54. The minimum Gasteiger partial charge on any atom is -0.497 e. The smallest absolute Gasteiger partial charge is 0.241 e. The predicted octanol–water partition coefficient (Wildman–Crippen LogP) is 3.83. The number of carbonyl (C=O) groups is 1. The number of anilines is 3.